The van der Waals surface area contributed by atoms with Crippen LogP contribution in [0.1, 0.15) is 56.2 Å². The number of aryl methyl sites for hydroxylation is 1. The smallest absolute Gasteiger partial charge is 0.273 e. The fourth-order valence-electron chi connectivity index (χ4n) is 3.48. The van der Waals surface area contributed by atoms with Crippen molar-refractivity contribution in [1.29, 1.82) is 0 Å². The Balaban J connectivity index is 2.00. The molecule has 3 rings (SSSR count). The maximum absolute atomic E-state index is 13.0. The van der Waals surface area contributed by atoms with Crippen molar-refractivity contribution >= 4 is 16.8 Å². The summed E-state index contributed by atoms with van der Waals surface area (Å²) in [6.07, 6.45) is 3.62. The Labute approximate surface area is 159 Å². The molecule has 1 aromatic heterocycles. The summed E-state index contributed by atoms with van der Waals surface area (Å²) in [5.74, 6) is 0.0791. The molecule has 0 aliphatic heterocycles. The number of para-hydroxylation sites is 2. The highest BCUT2D eigenvalue weighted by Gasteiger charge is 2.22. The van der Waals surface area contributed by atoms with Gasteiger partial charge in [0.2, 0.25) is 0 Å². The number of aromatic nitrogens is 2. The molecular formula is C23H26N2O2. The zero-order chi connectivity index (χ0) is 19.2. The Morgan fingerprint density at radius 1 is 1.04 bits per heavy atom. The average Bonchev–Trinajstić information content (AvgIpc) is 2.71. The summed E-state index contributed by atoms with van der Waals surface area (Å²) in [6.45, 7) is 2.09. The molecule has 1 unspecified atom stereocenters. The van der Waals surface area contributed by atoms with Gasteiger partial charge in [-0.1, -0.05) is 55.8 Å². The van der Waals surface area contributed by atoms with Crippen LogP contribution in [0.2, 0.25) is 0 Å². The van der Waals surface area contributed by atoms with Gasteiger partial charge in [0.1, 0.15) is 11.5 Å². The molecule has 0 radical (unpaired) electrons. The Bertz CT molecular complexity index is 977. The van der Waals surface area contributed by atoms with E-state index in [9.17, 15) is 9.59 Å². The highest BCUT2D eigenvalue weighted by Crippen LogP contribution is 2.27. The lowest BCUT2D eigenvalue weighted by Gasteiger charge is -2.18. The second kappa shape index (κ2) is 8.76. The first kappa shape index (κ1) is 19.0. The standard InChI is InChI=1S/C23H26N2O2/c1-3-4-12-18(26)15-16-19(17-10-6-5-7-11-17)22-23(27)25(2)21-14-9-8-13-20(21)24-22/h5-11,13-14,19H,3-4,12,15-16H2,1-2H3. The van der Waals surface area contributed by atoms with Crippen LogP contribution in [0.15, 0.2) is 59.4 Å². The molecule has 4 nitrogen and oxygen atoms in total. The van der Waals surface area contributed by atoms with Gasteiger partial charge in [0.05, 0.1) is 11.0 Å². The third-order valence-corrected chi connectivity index (χ3v) is 5.06. The molecule has 0 fully saturated rings. The van der Waals surface area contributed by atoms with E-state index in [4.69, 9.17) is 4.98 Å². The molecule has 0 saturated heterocycles. The fourth-order valence-corrected chi connectivity index (χ4v) is 3.48. The van der Waals surface area contributed by atoms with E-state index in [1.54, 1.807) is 11.6 Å². The highest BCUT2D eigenvalue weighted by atomic mass is 16.1. The van der Waals surface area contributed by atoms with Crippen molar-refractivity contribution in [1.82, 2.24) is 9.55 Å². The summed E-state index contributed by atoms with van der Waals surface area (Å²) in [7, 11) is 1.78. The minimum absolute atomic E-state index is 0.0939. The zero-order valence-corrected chi connectivity index (χ0v) is 16.0. The van der Waals surface area contributed by atoms with Crippen LogP contribution in [0.3, 0.4) is 0 Å². The van der Waals surface area contributed by atoms with E-state index < -0.39 is 0 Å². The van der Waals surface area contributed by atoms with Gasteiger partial charge in [-0.25, -0.2) is 4.98 Å². The number of hydrogen-bond acceptors (Lipinski definition) is 3. The van der Waals surface area contributed by atoms with Gasteiger partial charge in [0, 0.05) is 25.8 Å². The number of fused-ring (bicyclic) bond motifs is 1. The molecule has 27 heavy (non-hydrogen) atoms. The van der Waals surface area contributed by atoms with Crippen LogP contribution in [0.5, 0.6) is 0 Å². The molecule has 1 atom stereocenters. The van der Waals surface area contributed by atoms with E-state index in [1.165, 1.54) is 0 Å². The van der Waals surface area contributed by atoms with E-state index in [0.29, 0.717) is 25.0 Å². The fraction of sp³-hybridized carbons (Fsp3) is 0.348. The molecule has 4 heteroatoms. The van der Waals surface area contributed by atoms with Crippen molar-refractivity contribution < 1.29 is 4.79 Å². The molecule has 2 aromatic carbocycles. The van der Waals surface area contributed by atoms with Gasteiger partial charge in [-0.3, -0.25) is 9.59 Å². The second-order valence-electron chi connectivity index (χ2n) is 6.99. The number of benzene rings is 2. The number of unbranched alkanes of at least 4 members (excludes halogenated alkanes) is 1. The monoisotopic (exact) mass is 362 g/mol. The van der Waals surface area contributed by atoms with E-state index in [0.717, 1.165) is 29.4 Å². The molecule has 140 valence electrons. The van der Waals surface area contributed by atoms with Crippen molar-refractivity contribution in [3.8, 4) is 0 Å². The summed E-state index contributed by atoms with van der Waals surface area (Å²) in [4.78, 5) is 30.0. The number of hydrogen-bond donors (Lipinski definition) is 0. The van der Waals surface area contributed by atoms with Gasteiger partial charge in [0.25, 0.3) is 5.56 Å². The van der Waals surface area contributed by atoms with Crippen LogP contribution in [0, 0.1) is 0 Å². The maximum Gasteiger partial charge on any atom is 0.273 e. The Hall–Kier alpha value is -2.75. The van der Waals surface area contributed by atoms with E-state index >= 15 is 0 Å². The minimum Gasteiger partial charge on any atom is -0.308 e. The van der Waals surface area contributed by atoms with Gasteiger partial charge in [-0.2, -0.15) is 0 Å². The van der Waals surface area contributed by atoms with Crippen LogP contribution in [-0.4, -0.2) is 15.3 Å². The molecule has 0 N–H and O–H groups in total. The van der Waals surface area contributed by atoms with Crippen LogP contribution in [0.25, 0.3) is 11.0 Å². The predicted molar refractivity (Wildman–Crippen MR) is 109 cm³/mol. The summed E-state index contributed by atoms with van der Waals surface area (Å²) in [5, 5.41) is 0. The topological polar surface area (TPSA) is 52.0 Å². The Kier molecular flexibility index (Phi) is 6.17. The van der Waals surface area contributed by atoms with Crippen LogP contribution in [0.4, 0.5) is 0 Å². The second-order valence-corrected chi connectivity index (χ2v) is 6.99. The summed E-state index contributed by atoms with van der Waals surface area (Å²) in [6, 6.07) is 17.6. The van der Waals surface area contributed by atoms with Crippen LogP contribution < -0.4 is 5.56 Å². The summed E-state index contributed by atoms with van der Waals surface area (Å²) in [5.41, 5.74) is 3.07. The average molecular weight is 362 g/mol. The van der Waals surface area contributed by atoms with Crippen molar-refractivity contribution in [2.45, 2.75) is 44.9 Å². The van der Waals surface area contributed by atoms with E-state index in [2.05, 4.69) is 6.92 Å². The lowest BCUT2D eigenvalue weighted by Crippen LogP contribution is -2.26. The number of ketones is 1. The molecule has 0 spiro atoms. The summed E-state index contributed by atoms with van der Waals surface area (Å²) >= 11 is 0. The first-order valence-corrected chi connectivity index (χ1v) is 9.64. The third-order valence-electron chi connectivity index (χ3n) is 5.06. The molecule has 3 aromatic rings. The van der Waals surface area contributed by atoms with Crippen molar-refractivity contribution in [3.05, 3.63) is 76.2 Å². The van der Waals surface area contributed by atoms with E-state index in [-0.39, 0.29) is 17.3 Å². The van der Waals surface area contributed by atoms with Gasteiger partial charge >= 0.3 is 0 Å². The van der Waals surface area contributed by atoms with Crippen LogP contribution >= 0.6 is 0 Å². The zero-order valence-electron chi connectivity index (χ0n) is 16.0. The number of rotatable bonds is 8. The first-order valence-electron chi connectivity index (χ1n) is 9.64. The summed E-state index contributed by atoms with van der Waals surface area (Å²) < 4.78 is 1.66. The largest absolute Gasteiger partial charge is 0.308 e. The van der Waals surface area contributed by atoms with Gasteiger partial charge in [-0.15, -0.1) is 0 Å². The van der Waals surface area contributed by atoms with Crippen molar-refractivity contribution in [2.75, 3.05) is 0 Å². The number of nitrogens with zero attached hydrogens (tertiary/aromatic N) is 2. The molecule has 0 bridgehead atoms. The molecule has 0 aliphatic carbocycles. The van der Waals surface area contributed by atoms with Gasteiger partial charge in [0.15, 0.2) is 0 Å². The molecule has 1 heterocycles. The van der Waals surface area contributed by atoms with E-state index in [1.807, 2.05) is 54.6 Å². The SMILES string of the molecule is CCCCC(=O)CCC(c1ccccc1)c1nc2ccccc2n(C)c1=O. The lowest BCUT2D eigenvalue weighted by molar-refractivity contribution is -0.119. The number of carbonyl (C=O) groups excluding carboxylic acids is 1. The number of carbonyl (C=O) groups is 1. The lowest BCUT2D eigenvalue weighted by atomic mass is 9.89. The normalized spacial score (nSPS) is 12.2. The quantitative estimate of drug-likeness (QED) is 0.588. The molecule has 0 saturated carbocycles. The highest BCUT2D eigenvalue weighted by molar-refractivity contribution is 5.78. The number of Topliss-reactive ketones (excluding diaryl/α,β-unsaturated/α-hetero) is 1. The van der Waals surface area contributed by atoms with Crippen molar-refractivity contribution in [3.63, 3.8) is 0 Å². The maximum atomic E-state index is 13.0. The Morgan fingerprint density at radius 2 is 1.74 bits per heavy atom. The van der Waals surface area contributed by atoms with Crippen molar-refractivity contribution in [2.24, 2.45) is 7.05 Å². The minimum atomic E-state index is -0.180. The van der Waals surface area contributed by atoms with Crippen LogP contribution in [-0.2, 0) is 11.8 Å². The molecule has 0 amide bonds. The van der Waals surface area contributed by atoms with Gasteiger partial charge < -0.3 is 4.57 Å². The predicted octanol–water partition coefficient (Wildman–Crippen LogP) is 4.60. The first-order chi connectivity index (χ1) is 13.1. The van der Waals surface area contributed by atoms with Gasteiger partial charge in [-0.05, 0) is 30.5 Å². The molecule has 0 aliphatic rings. The third kappa shape index (κ3) is 4.33. The molecular weight excluding hydrogens is 336 g/mol. The Morgan fingerprint density at radius 3 is 2.48 bits per heavy atom.